The summed E-state index contributed by atoms with van der Waals surface area (Å²) in [6.07, 6.45) is 0.917. The summed E-state index contributed by atoms with van der Waals surface area (Å²) >= 11 is 0. The maximum atomic E-state index is 5.49. The molecule has 0 saturated heterocycles. The first kappa shape index (κ1) is 6.97. The molecule has 1 aliphatic heterocycles. The second-order valence-electron chi connectivity index (χ2n) is 3.22. The molecule has 1 aromatic rings. The van der Waals surface area contributed by atoms with E-state index in [1.807, 2.05) is 6.07 Å². The minimum absolute atomic E-state index is 0.548. The zero-order chi connectivity index (χ0) is 8.67. The highest BCUT2D eigenvalue weighted by molar-refractivity contribution is 5.73. The molecule has 13 heavy (non-hydrogen) atoms. The maximum Gasteiger partial charge on any atom is 0.155 e. The number of benzene rings is 1. The first-order valence-electron chi connectivity index (χ1n) is 4.38. The Morgan fingerprint density at radius 1 is 1.23 bits per heavy atom. The van der Waals surface area contributed by atoms with E-state index in [-0.39, 0.29) is 0 Å². The minimum atomic E-state index is 0.548. The van der Waals surface area contributed by atoms with Gasteiger partial charge in [-0.2, -0.15) is 0 Å². The summed E-state index contributed by atoms with van der Waals surface area (Å²) in [6, 6.07) is 8.36. The topological polar surface area (TPSA) is 33.3 Å². The van der Waals surface area contributed by atoms with E-state index in [9.17, 15) is 0 Å². The number of allylic oxidation sites excluding steroid dienone is 1. The number of hydrogen-bond acceptors (Lipinski definition) is 3. The zero-order valence-electron chi connectivity index (χ0n) is 7.13. The predicted octanol–water partition coefficient (Wildman–Crippen LogP) is 0.993. The van der Waals surface area contributed by atoms with E-state index in [2.05, 4.69) is 29.1 Å². The van der Waals surface area contributed by atoms with Crippen molar-refractivity contribution in [2.45, 2.75) is 6.42 Å². The first-order valence-corrected chi connectivity index (χ1v) is 4.38. The molecule has 0 amide bonds. The summed E-state index contributed by atoms with van der Waals surface area (Å²) in [7, 11) is 0. The summed E-state index contributed by atoms with van der Waals surface area (Å²) in [5.74, 6) is 1.06. The molecule has 1 heterocycles. The normalized spacial score (nSPS) is 18.8. The van der Waals surface area contributed by atoms with Crippen molar-refractivity contribution in [2.75, 3.05) is 6.73 Å². The van der Waals surface area contributed by atoms with Crippen molar-refractivity contribution < 1.29 is 4.74 Å². The van der Waals surface area contributed by atoms with E-state index in [1.165, 1.54) is 11.1 Å². The van der Waals surface area contributed by atoms with Crippen molar-refractivity contribution in [3.8, 4) is 0 Å². The van der Waals surface area contributed by atoms with Crippen LogP contribution in [0, 0.1) is 0 Å². The summed E-state index contributed by atoms with van der Waals surface area (Å²) in [4.78, 5) is 0. The molecule has 3 nitrogen and oxygen atoms in total. The van der Waals surface area contributed by atoms with Crippen LogP contribution in [0.15, 0.2) is 30.0 Å². The molecule has 0 saturated carbocycles. The van der Waals surface area contributed by atoms with E-state index >= 15 is 0 Å². The number of ether oxygens (including phenoxy) is 1. The van der Waals surface area contributed by atoms with Gasteiger partial charge in [-0.05, 0) is 5.56 Å². The molecule has 0 spiro atoms. The molecule has 3 heteroatoms. The van der Waals surface area contributed by atoms with Gasteiger partial charge in [0.25, 0.3) is 0 Å². The van der Waals surface area contributed by atoms with Gasteiger partial charge in [-0.3, -0.25) is 0 Å². The molecule has 0 aromatic heterocycles. The molecular weight excluding hydrogens is 164 g/mol. The Morgan fingerprint density at radius 2 is 2.15 bits per heavy atom. The number of fused-ring (bicyclic) bond motifs is 2. The fraction of sp³-hybridized carbons (Fsp3) is 0.200. The largest absolute Gasteiger partial charge is 0.478 e. The zero-order valence-corrected chi connectivity index (χ0v) is 7.13. The van der Waals surface area contributed by atoms with Crippen LogP contribution in [0.5, 0.6) is 0 Å². The van der Waals surface area contributed by atoms with Crippen LogP contribution in [0.4, 0.5) is 0 Å². The summed E-state index contributed by atoms with van der Waals surface area (Å²) in [6.45, 7) is 0.548. The number of nitrogens with one attached hydrogen (secondary N) is 2. The molecule has 0 atom stereocenters. The Balaban J connectivity index is 2.12. The van der Waals surface area contributed by atoms with Crippen LogP contribution in [-0.4, -0.2) is 6.73 Å². The third kappa shape index (κ3) is 0.939. The quantitative estimate of drug-likeness (QED) is 0.615. The van der Waals surface area contributed by atoms with Gasteiger partial charge in [0.2, 0.25) is 0 Å². The van der Waals surface area contributed by atoms with Crippen LogP contribution in [-0.2, 0) is 11.2 Å². The molecule has 0 unspecified atom stereocenters. The molecule has 0 bridgehead atoms. The fourth-order valence-electron chi connectivity index (χ4n) is 1.84. The Morgan fingerprint density at radius 3 is 3.15 bits per heavy atom. The molecule has 2 N–H and O–H groups in total. The first-order chi connectivity index (χ1) is 6.45. The Bertz CT molecular complexity index is 384. The molecule has 66 valence electrons. The van der Waals surface area contributed by atoms with Gasteiger partial charge in [0, 0.05) is 12.0 Å². The Labute approximate surface area is 76.4 Å². The standard InChI is InChI=1S/C10H10N2O/c1-2-4-8-7(3-1)5-9-10(8)12-11-6-13-9/h1-4,11-12H,5-6H2. The van der Waals surface area contributed by atoms with E-state index < -0.39 is 0 Å². The third-order valence-corrected chi connectivity index (χ3v) is 2.45. The average molecular weight is 174 g/mol. The van der Waals surface area contributed by atoms with Crippen LogP contribution in [0.2, 0.25) is 0 Å². The second-order valence-corrected chi connectivity index (χ2v) is 3.22. The molecule has 0 fully saturated rings. The minimum Gasteiger partial charge on any atom is -0.478 e. The van der Waals surface area contributed by atoms with Crippen molar-refractivity contribution in [1.29, 1.82) is 0 Å². The molecule has 2 aliphatic rings. The number of hydrogen-bond donors (Lipinski definition) is 2. The van der Waals surface area contributed by atoms with Crippen molar-refractivity contribution in [1.82, 2.24) is 10.9 Å². The summed E-state index contributed by atoms with van der Waals surface area (Å²) < 4.78 is 5.49. The van der Waals surface area contributed by atoms with Crippen molar-refractivity contribution >= 4 is 5.70 Å². The van der Waals surface area contributed by atoms with Crippen LogP contribution >= 0.6 is 0 Å². The monoisotopic (exact) mass is 174 g/mol. The lowest BCUT2D eigenvalue weighted by Crippen LogP contribution is -2.36. The summed E-state index contributed by atoms with van der Waals surface area (Å²) in [5, 5.41) is 0. The van der Waals surface area contributed by atoms with Crippen molar-refractivity contribution in [2.24, 2.45) is 0 Å². The van der Waals surface area contributed by atoms with Gasteiger partial charge in [-0.1, -0.05) is 24.3 Å². The fourth-order valence-corrected chi connectivity index (χ4v) is 1.84. The van der Waals surface area contributed by atoms with Gasteiger partial charge in [0.1, 0.15) is 5.76 Å². The van der Waals surface area contributed by atoms with Gasteiger partial charge in [0.05, 0.1) is 5.70 Å². The molecule has 1 aliphatic carbocycles. The lowest BCUT2D eigenvalue weighted by Gasteiger charge is -2.18. The third-order valence-electron chi connectivity index (χ3n) is 2.45. The van der Waals surface area contributed by atoms with Crippen LogP contribution in [0.1, 0.15) is 11.1 Å². The maximum absolute atomic E-state index is 5.49. The van der Waals surface area contributed by atoms with Gasteiger partial charge in [-0.25, -0.2) is 5.43 Å². The van der Waals surface area contributed by atoms with Gasteiger partial charge < -0.3 is 10.2 Å². The second kappa shape index (κ2) is 2.50. The highest BCUT2D eigenvalue weighted by atomic mass is 16.5. The van der Waals surface area contributed by atoms with E-state index in [0.29, 0.717) is 6.73 Å². The molecule has 3 rings (SSSR count). The van der Waals surface area contributed by atoms with Gasteiger partial charge in [-0.15, -0.1) is 0 Å². The average Bonchev–Trinajstić information content (AvgIpc) is 2.56. The lowest BCUT2D eigenvalue weighted by molar-refractivity contribution is 0.162. The van der Waals surface area contributed by atoms with Gasteiger partial charge in [0.15, 0.2) is 6.73 Å². The predicted molar refractivity (Wildman–Crippen MR) is 49.3 cm³/mol. The van der Waals surface area contributed by atoms with Crippen LogP contribution in [0.3, 0.4) is 0 Å². The van der Waals surface area contributed by atoms with E-state index in [0.717, 1.165) is 17.9 Å². The number of hydrazine groups is 1. The Kier molecular flexibility index (Phi) is 1.34. The molecular formula is C10H10N2O. The van der Waals surface area contributed by atoms with Gasteiger partial charge >= 0.3 is 0 Å². The highest BCUT2D eigenvalue weighted by Gasteiger charge is 2.24. The van der Waals surface area contributed by atoms with Crippen molar-refractivity contribution in [3.63, 3.8) is 0 Å². The number of rotatable bonds is 0. The van der Waals surface area contributed by atoms with E-state index in [1.54, 1.807) is 0 Å². The van der Waals surface area contributed by atoms with Crippen LogP contribution in [0.25, 0.3) is 5.70 Å². The van der Waals surface area contributed by atoms with Crippen molar-refractivity contribution in [3.05, 3.63) is 41.2 Å². The SMILES string of the molecule is c1ccc2c(c1)CC1=C2NNCO1. The lowest BCUT2D eigenvalue weighted by atomic mass is 10.1. The Hall–Kier alpha value is -1.48. The van der Waals surface area contributed by atoms with Crippen LogP contribution < -0.4 is 10.9 Å². The highest BCUT2D eigenvalue weighted by Crippen LogP contribution is 2.31. The van der Waals surface area contributed by atoms with E-state index in [4.69, 9.17) is 4.74 Å². The smallest absolute Gasteiger partial charge is 0.155 e. The molecule has 1 aromatic carbocycles. The molecule has 0 radical (unpaired) electrons. The summed E-state index contributed by atoms with van der Waals surface area (Å²) in [5.41, 5.74) is 9.80.